The summed E-state index contributed by atoms with van der Waals surface area (Å²) < 4.78 is 74.6. The Morgan fingerprint density at radius 1 is 0.538 bits per heavy atom. The number of hydrogen-bond donors (Lipinski definition) is 2. The van der Waals surface area contributed by atoms with Crippen molar-refractivity contribution in [2.45, 2.75) is 23.6 Å². The zero-order chi connectivity index (χ0) is 38.4. The molecule has 0 aliphatic rings. The van der Waals surface area contributed by atoms with E-state index in [4.69, 9.17) is 9.47 Å². The van der Waals surface area contributed by atoms with Gasteiger partial charge in [-0.05, 0) is 73.5 Å². The van der Waals surface area contributed by atoms with E-state index in [2.05, 4.69) is 41.3 Å². The largest absolute Gasteiger partial charge is 0.494 e. The molecule has 14 nitrogen and oxygen atoms in total. The van der Waals surface area contributed by atoms with Gasteiger partial charge in [-0.15, -0.1) is 0 Å². The Morgan fingerprint density at radius 2 is 0.846 bits per heavy atom. The van der Waals surface area contributed by atoms with Crippen molar-refractivity contribution in [2.75, 3.05) is 23.7 Å². The second-order valence-corrected chi connectivity index (χ2v) is 17.0. The Kier molecular flexibility index (Phi) is 10.8. The van der Waals surface area contributed by atoms with E-state index in [1.807, 2.05) is 0 Å². The number of nitrogens with one attached hydrogen (secondary N) is 2. The second-order valence-electron chi connectivity index (χ2n) is 11.9. The van der Waals surface area contributed by atoms with Crippen LogP contribution in [0, 0.1) is 13.8 Å². The van der Waals surface area contributed by atoms with Gasteiger partial charge in [0.05, 0.1) is 57.5 Å². The van der Waals surface area contributed by atoms with Crippen LogP contribution in [0.15, 0.2) is 89.0 Å². The molecule has 4 aromatic carbocycles. The first-order valence-electron chi connectivity index (χ1n) is 15.4. The molecule has 0 aliphatic heterocycles. The Hall–Kier alpha value is -4.52. The van der Waals surface area contributed by atoms with Crippen molar-refractivity contribution in [3.8, 4) is 11.5 Å². The Morgan fingerprint density at radius 3 is 1.13 bits per heavy atom. The molecular weight excluding hydrogens is 844 g/mol. The van der Waals surface area contributed by atoms with Gasteiger partial charge in [0.15, 0.2) is 0 Å². The van der Waals surface area contributed by atoms with Gasteiger partial charge in [0, 0.05) is 49.3 Å². The van der Waals surface area contributed by atoms with Gasteiger partial charge in [0.2, 0.25) is 0 Å². The van der Waals surface area contributed by atoms with Crippen LogP contribution in [0.3, 0.4) is 0 Å². The number of halogens is 2. The van der Waals surface area contributed by atoms with Gasteiger partial charge in [-0.2, -0.15) is 0 Å². The van der Waals surface area contributed by atoms with Crippen LogP contribution in [0.1, 0.15) is 11.1 Å². The zero-order valence-corrected chi connectivity index (χ0v) is 34.2. The number of anilines is 2. The molecule has 0 atom stereocenters. The quantitative estimate of drug-likeness (QED) is 0.202. The van der Waals surface area contributed by atoms with Gasteiger partial charge in [-0.1, -0.05) is 31.9 Å². The third-order valence-electron chi connectivity index (χ3n) is 8.53. The van der Waals surface area contributed by atoms with E-state index in [0.717, 1.165) is 8.95 Å². The van der Waals surface area contributed by atoms with Crippen LogP contribution < -0.4 is 30.3 Å². The third kappa shape index (κ3) is 7.24. The number of aryl methyl sites for hydroxylation is 6. The number of aromatic nitrogens is 4. The van der Waals surface area contributed by atoms with Crippen molar-refractivity contribution in [3.63, 3.8) is 0 Å². The molecule has 0 spiro atoms. The predicted molar refractivity (Wildman–Crippen MR) is 209 cm³/mol. The molecule has 2 aromatic heterocycles. The topological polar surface area (TPSA) is 165 Å². The maximum atomic E-state index is 12.8. The highest BCUT2D eigenvalue weighted by molar-refractivity contribution is 9.10. The first-order chi connectivity index (χ1) is 24.3. The number of benzene rings is 4. The fourth-order valence-corrected chi connectivity index (χ4v) is 9.31. The van der Waals surface area contributed by atoms with Crippen LogP contribution in [0.2, 0.25) is 0 Å². The summed E-state index contributed by atoms with van der Waals surface area (Å²) in [7, 11) is 1.82. The van der Waals surface area contributed by atoms with E-state index in [1.165, 1.54) is 44.6 Å². The molecule has 276 valence electrons. The average Bonchev–Trinajstić information content (AvgIpc) is 3.41. The van der Waals surface area contributed by atoms with Crippen molar-refractivity contribution in [3.05, 3.63) is 102 Å². The highest BCUT2D eigenvalue weighted by Crippen LogP contribution is 2.34. The summed E-state index contributed by atoms with van der Waals surface area (Å²) in [4.78, 5) is 24.6. The molecule has 52 heavy (non-hydrogen) atoms. The van der Waals surface area contributed by atoms with E-state index in [1.54, 1.807) is 90.6 Å². The molecule has 0 aliphatic carbocycles. The van der Waals surface area contributed by atoms with Gasteiger partial charge < -0.3 is 9.47 Å². The molecule has 6 aromatic rings. The maximum Gasteiger partial charge on any atom is 0.328 e. The molecular formula is C34H36Br2N6O8S2. The second kappa shape index (κ2) is 14.5. The standard InChI is InChI=1S/2C17H18BrN3O4S/c2*1-10-7-11(18)5-6-16(10)26(23,24)19-12-8-13-14(9-15(12)25-4)21(3)17(22)20(13)2/h2*5-9,19H,1-4H3. The Labute approximate surface area is 316 Å². The normalized spacial score (nSPS) is 11.7. The van der Waals surface area contributed by atoms with Gasteiger partial charge in [0.25, 0.3) is 20.0 Å². The molecule has 0 saturated carbocycles. The number of ether oxygens (including phenoxy) is 2. The first-order valence-corrected chi connectivity index (χ1v) is 19.9. The van der Waals surface area contributed by atoms with Crippen LogP contribution in [0.4, 0.5) is 11.4 Å². The Balaban J connectivity index is 0.000000201. The molecule has 0 fully saturated rings. The molecule has 18 heteroatoms. The molecule has 2 heterocycles. The van der Waals surface area contributed by atoms with Crippen LogP contribution in [0.5, 0.6) is 11.5 Å². The summed E-state index contributed by atoms with van der Waals surface area (Å²) in [5.74, 6) is 0.661. The van der Waals surface area contributed by atoms with E-state index < -0.39 is 20.0 Å². The molecule has 0 saturated heterocycles. The monoisotopic (exact) mass is 878 g/mol. The number of sulfonamides is 2. The van der Waals surface area contributed by atoms with Crippen LogP contribution in [0.25, 0.3) is 22.1 Å². The molecule has 6 rings (SSSR count). The lowest BCUT2D eigenvalue weighted by atomic mass is 10.2. The minimum Gasteiger partial charge on any atom is -0.494 e. The van der Waals surface area contributed by atoms with Crippen molar-refractivity contribution in [1.29, 1.82) is 0 Å². The van der Waals surface area contributed by atoms with Gasteiger partial charge in [-0.25, -0.2) is 26.4 Å². The van der Waals surface area contributed by atoms with E-state index in [9.17, 15) is 26.4 Å². The van der Waals surface area contributed by atoms with Crippen LogP contribution >= 0.6 is 31.9 Å². The first kappa shape index (κ1) is 38.7. The van der Waals surface area contributed by atoms with E-state index in [-0.39, 0.29) is 32.5 Å². The van der Waals surface area contributed by atoms with Crippen LogP contribution in [-0.4, -0.2) is 49.3 Å². The summed E-state index contributed by atoms with van der Waals surface area (Å²) in [5, 5.41) is 0. The number of fused-ring (bicyclic) bond motifs is 2. The molecule has 0 amide bonds. The highest BCUT2D eigenvalue weighted by Gasteiger charge is 2.23. The summed E-state index contributed by atoms with van der Waals surface area (Å²) >= 11 is 6.65. The average molecular weight is 881 g/mol. The minimum absolute atomic E-state index is 0.171. The molecule has 0 bridgehead atoms. The van der Waals surface area contributed by atoms with Gasteiger partial charge in [-0.3, -0.25) is 27.7 Å². The number of imidazole rings is 2. The fraction of sp³-hybridized carbons (Fsp3) is 0.235. The number of methoxy groups -OCH3 is 2. The lowest BCUT2D eigenvalue weighted by Gasteiger charge is -2.14. The van der Waals surface area contributed by atoms with Gasteiger partial charge in [0.1, 0.15) is 11.5 Å². The van der Waals surface area contributed by atoms with Crippen molar-refractivity contribution >= 4 is 85.3 Å². The lowest BCUT2D eigenvalue weighted by molar-refractivity contribution is 0.417. The maximum absolute atomic E-state index is 12.8. The molecule has 2 N–H and O–H groups in total. The van der Waals surface area contributed by atoms with Gasteiger partial charge >= 0.3 is 11.4 Å². The number of nitrogens with zero attached hydrogens (tertiary/aromatic N) is 4. The van der Waals surface area contributed by atoms with Crippen molar-refractivity contribution < 1.29 is 26.3 Å². The number of hydrogen-bond acceptors (Lipinski definition) is 8. The zero-order valence-electron chi connectivity index (χ0n) is 29.4. The summed E-state index contributed by atoms with van der Waals surface area (Å²) in [6.07, 6.45) is 0. The van der Waals surface area contributed by atoms with Crippen molar-refractivity contribution in [1.82, 2.24) is 18.3 Å². The SMILES string of the molecule is COc1cc2c(cc1NS(=O)(=O)c1ccc(Br)cc1C)n(C)c(=O)n2C.COc1cc2c(cc1NS(=O)(=O)c1ccc(Br)cc1C)n(C)c(=O)n2C. The number of rotatable bonds is 8. The lowest BCUT2D eigenvalue weighted by Crippen LogP contribution is -2.19. The highest BCUT2D eigenvalue weighted by atomic mass is 79.9. The minimum atomic E-state index is -3.82. The molecule has 0 unspecified atom stereocenters. The van der Waals surface area contributed by atoms with Crippen LogP contribution in [-0.2, 0) is 48.2 Å². The summed E-state index contributed by atoms with van der Waals surface area (Å²) in [5.41, 5.74) is 3.85. The van der Waals surface area contributed by atoms with E-state index in [0.29, 0.717) is 44.7 Å². The summed E-state index contributed by atoms with van der Waals surface area (Å²) in [6, 6.07) is 16.3. The van der Waals surface area contributed by atoms with E-state index >= 15 is 0 Å². The third-order valence-corrected chi connectivity index (χ3v) is 12.6. The molecule has 0 radical (unpaired) electrons. The fourth-order valence-electron chi connectivity index (χ4n) is 5.78. The Bertz CT molecular complexity index is 2550. The summed E-state index contributed by atoms with van der Waals surface area (Å²) in [6.45, 7) is 3.45. The smallest absolute Gasteiger partial charge is 0.328 e. The predicted octanol–water partition coefficient (Wildman–Crippen LogP) is 5.51. The van der Waals surface area contributed by atoms with Crippen molar-refractivity contribution in [2.24, 2.45) is 28.2 Å².